The van der Waals surface area contributed by atoms with E-state index in [-0.39, 0.29) is 28.0 Å². The number of rotatable bonds is 8. The van der Waals surface area contributed by atoms with Crippen LogP contribution in [0.25, 0.3) is 0 Å². The number of sulfonamides is 1. The Bertz CT molecular complexity index is 1270. The number of hydrogen-bond acceptors (Lipinski definition) is 6. The smallest absolute Gasteiger partial charge is 0.261 e. The van der Waals surface area contributed by atoms with E-state index in [1.165, 1.54) is 43.3 Å². The van der Waals surface area contributed by atoms with E-state index in [0.717, 1.165) is 18.9 Å². The Kier molecular flexibility index (Phi) is 6.20. The van der Waals surface area contributed by atoms with Crippen LogP contribution in [0.3, 0.4) is 0 Å². The summed E-state index contributed by atoms with van der Waals surface area (Å²) in [7, 11) is -3.90. The molecule has 4 rings (SSSR count). The average molecular weight is 473 g/mol. The molecule has 174 valence electrons. The monoisotopic (exact) mass is 472 g/mol. The van der Waals surface area contributed by atoms with E-state index in [9.17, 15) is 17.6 Å². The number of anilines is 1. The average Bonchev–Trinajstić information content (AvgIpc) is 3.51. The Labute approximate surface area is 191 Å². The molecule has 1 heterocycles. The second kappa shape index (κ2) is 8.93. The molecule has 33 heavy (non-hydrogen) atoms. The van der Waals surface area contributed by atoms with Gasteiger partial charge in [-0.1, -0.05) is 19.0 Å². The fourth-order valence-electron chi connectivity index (χ4n) is 3.31. The molecule has 1 aliphatic rings. The third kappa shape index (κ3) is 5.22. The molecule has 0 radical (unpaired) electrons. The van der Waals surface area contributed by atoms with Gasteiger partial charge in [-0.3, -0.25) is 9.52 Å². The van der Waals surface area contributed by atoms with Crippen molar-refractivity contribution in [1.82, 2.24) is 15.5 Å². The van der Waals surface area contributed by atoms with E-state index in [2.05, 4.69) is 20.2 Å². The Morgan fingerprint density at radius 3 is 2.45 bits per heavy atom. The van der Waals surface area contributed by atoms with E-state index in [4.69, 9.17) is 4.52 Å². The van der Waals surface area contributed by atoms with Gasteiger partial charge in [0.15, 0.2) is 5.82 Å². The van der Waals surface area contributed by atoms with Crippen molar-refractivity contribution in [2.45, 2.75) is 50.5 Å². The maximum Gasteiger partial charge on any atom is 0.261 e. The van der Waals surface area contributed by atoms with Crippen LogP contribution in [0.4, 0.5) is 10.1 Å². The first-order chi connectivity index (χ1) is 15.6. The van der Waals surface area contributed by atoms with Crippen LogP contribution in [-0.4, -0.2) is 24.5 Å². The lowest BCUT2D eigenvalue weighted by atomic mass is 10.0. The first-order valence-electron chi connectivity index (χ1n) is 10.7. The van der Waals surface area contributed by atoms with Crippen molar-refractivity contribution < 1.29 is 22.1 Å². The fourth-order valence-corrected chi connectivity index (χ4v) is 4.45. The van der Waals surface area contributed by atoms with Gasteiger partial charge in [-0.25, -0.2) is 12.8 Å². The highest BCUT2D eigenvalue weighted by Gasteiger charge is 2.31. The summed E-state index contributed by atoms with van der Waals surface area (Å²) in [6, 6.07) is 9.14. The second-order valence-electron chi connectivity index (χ2n) is 8.55. The van der Waals surface area contributed by atoms with Crippen LogP contribution in [0, 0.1) is 18.7 Å². The number of hydrogen-bond donors (Lipinski definition) is 2. The summed E-state index contributed by atoms with van der Waals surface area (Å²) < 4.78 is 46.4. The normalized spacial score (nSPS) is 14.8. The van der Waals surface area contributed by atoms with Crippen LogP contribution >= 0.6 is 0 Å². The summed E-state index contributed by atoms with van der Waals surface area (Å²) in [5.74, 6) is 0.599. The minimum Gasteiger partial charge on any atom is -0.340 e. The van der Waals surface area contributed by atoms with Gasteiger partial charge in [-0.05, 0) is 73.7 Å². The molecule has 8 nitrogen and oxygen atoms in total. The Hall–Kier alpha value is -3.27. The predicted octanol–water partition coefficient (Wildman–Crippen LogP) is 4.32. The van der Waals surface area contributed by atoms with Gasteiger partial charge >= 0.3 is 0 Å². The van der Waals surface area contributed by atoms with Gasteiger partial charge in [0.1, 0.15) is 11.9 Å². The van der Waals surface area contributed by atoms with E-state index >= 15 is 0 Å². The number of aryl methyl sites for hydroxylation is 1. The molecule has 0 bridgehead atoms. The molecular formula is C23H25FN4O4S. The molecular weight excluding hydrogens is 447 g/mol. The molecule has 0 saturated heterocycles. The maximum atomic E-state index is 13.5. The first-order valence-corrected chi connectivity index (χ1v) is 12.2. The largest absolute Gasteiger partial charge is 0.340 e. The quantitative estimate of drug-likeness (QED) is 0.505. The lowest BCUT2D eigenvalue weighted by molar-refractivity contribution is 0.0914. The van der Waals surface area contributed by atoms with Crippen molar-refractivity contribution >= 4 is 21.6 Å². The molecule has 1 fully saturated rings. The lowest BCUT2D eigenvalue weighted by Gasteiger charge is -2.18. The summed E-state index contributed by atoms with van der Waals surface area (Å²) in [5.41, 5.74) is 0.859. The molecule has 1 aliphatic carbocycles. The zero-order valence-corrected chi connectivity index (χ0v) is 19.3. The van der Waals surface area contributed by atoms with E-state index < -0.39 is 21.9 Å². The molecule has 0 aliphatic heterocycles. The fraction of sp³-hybridized carbons (Fsp3) is 0.348. The minimum atomic E-state index is -3.90. The standard InChI is InChI=1S/C23H25FN4O4S/c1-13(2)20(23-26-21(27-32-23)15-4-5-15)25-22(29)16-6-8-17(9-7-16)28-33(30,31)18-10-11-19(24)14(3)12-18/h6-13,15,20,28H,4-5H2,1-3H3,(H,25,29). The van der Waals surface area contributed by atoms with Crippen LogP contribution in [0.15, 0.2) is 51.9 Å². The minimum absolute atomic E-state index is 0.0201. The Balaban J connectivity index is 1.45. The SMILES string of the molecule is Cc1cc(S(=O)(=O)Nc2ccc(C(=O)NC(c3nc(C4CC4)no3)C(C)C)cc2)ccc1F. The highest BCUT2D eigenvalue weighted by molar-refractivity contribution is 7.92. The topological polar surface area (TPSA) is 114 Å². The van der Waals surface area contributed by atoms with Crippen molar-refractivity contribution in [3.63, 3.8) is 0 Å². The molecule has 1 amide bonds. The van der Waals surface area contributed by atoms with Crippen LogP contribution in [0.2, 0.25) is 0 Å². The number of aromatic nitrogens is 2. The summed E-state index contributed by atoms with van der Waals surface area (Å²) in [6.07, 6.45) is 2.10. The van der Waals surface area contributed by atoms with Crippen LogP contribution in [0.5, 0.6) is 0 Å². The van der Waals surface area contributed by atoms with Gasteiger partial charge in [-0.2, -0.15) is 4.98 Å². The Morgan fingerprint density at radius 1 is 1.15 bits per heavy atom. The van der Waals surface area contributed by atoms with Crippen molar-refractivity contribution in [3.05, 3.63) is 71.1 Å². The molecule has 2 N–H and O–H groups in total. The number of amides is 1. The number of carbonyl (C=O) groups is 1. The number of halogens is 1. The molecule has 1 unspecified atom stereocenters. The van der Waals surface area contributed by atoms with Crippen LogP contribution in [-0.2, 0) is 10.0 Å². The molecule has 10 heteroatoms. The predicted molar refractivity (Wildman–Crippen MR) is 120 cm³/mol. The zero-order chi connectivity index (χ0) is 23.8. The van der Waals surface area contributed by atoms with Gasteiger partial charge in [0.25, 0.3) is 15.9 Å². The number of nitrogens with one attached hydrogen (secondary N) is 2. The zero-order valence-electron chi connectivity index (χ0n) is 18.5. The van der Waals surface area contributed by atoms with Crippen molar-refractivity contribution in [2.24, 2.45) is 5.92 Å². The summed E-state index contributed by atoms with van der Waals surface area (Å²) in [5, 5.41) is 6.94. The Morgan fingerprint density at radius 2 is 1.85 bits per heavy atom. The summed E-state index contributed by atoms with van der Waals surface area (Å²) >= 11 is 0. The molecule has 2 aromatic carbocycles. The van der Waals surface area contributed by atoms with Crippen molar-refractivity contribution in [3.8, 4) is 0 Å². The van der Waals surface area contributed by atoms with Gasteiger partial charge in [0, 0.05) is 17.2 Å². The van der Waals surface area contributed by atoms with E-state index in [0.29, 0.717) is 23.2 Å². The third-order valence-electron chi connectivity index (χ3n) is 5.46. The maximum absolute atomic E-state index is 13.5. The van der Waals surface area contributed by atoms with Gasteiger partial charge in [0.05, 0.1) is 4.90 Å². The molecule has 3 aromatic rings. The van der Waals surface area contributed by atoms with E-state index in [1.807, 2.05) is 13.8 Å². The van der Waals surface area contributed by atoms with Crippen molar-refractivity contribution in [1.29, 1.82) is 0 Å². The lowest BCUT2D eigenvalue weighted by Crippen LogP contribution is -2.32. The van der Waals surface area contributed by atoms with Gasteiger partial charge in [-0.15, -0.1) is 0 Å². The van der Waals surface area contributed by atoms with Crippen molar-refractivity contribution in [2.75, 3.05) is 4.72 Å². The third-order valence-corrected chi connectivity index (χ3v) is 6.84. The highest BCUT2D eigenvalue weighted by atomic mass is 32.2. The molecule has 1 atom stereocenters. The first kappa shape index (κ1) is 22.9. The van der Waals surface area contributed by atoms with Crippen LogP contribution in [0.1, 0.15) is 66.3 Å². The molecule has 1 saturated carbocycles. The number of nitrogens with zero attached hydrogens (tertiary/aromatic N) is 2. The number of benzene rings is 2. The van der Waals surface area contributed by atoms with E-state index in [1.54, 1.807) is 0 Å². The second-order valence-corrected chi connectivity index (χ2v) is 10.2. The van der Waals surface area contributed by atoms with Gasteiger partial charge < -0.3 is 9.84 Å². The molecule has 0 spiro atoms. The number of carbonyl (C=O) groups excluding carboxylic acids is 1. The van der Waals surface area contributed by atoms with Gasteiger partial charge in [0.2, 0.25) is 5.89 Å². The summed E-state index contributed by atoms with van der Waals surface area (Å²) in [4.78, 5) is 17.2. The highest BCUT2D eigenvalue weighted by Crippen LogP contribution is 2.38. The van der Waals surface area contributed by atoms with Crippen LogP contribution < -0.4 is 10.0 Å². The summed E-state index contributed by atoms with van der Waals surface area (Å²) in [6.45, 7) is 5.38. The molecule has 1 aromatic heterocycles.